The smallest absolute Gasteiger partial charge is 1.00 e. The predicted molar refractivity (Wildman–Crippen MR) is 132 cm³/mol. The van der Waals surface area contributed by atoms with Crippen LogP contribution in [-0.2, 0) is 27.8 Å². The van der Waals surface area contributed by atoms with E-state index in [4.69, 9.17) is 4.43 Å². The molecule has 0 heterocycles. The summed E-state index contributed by atoms with van der Waals surface area (Å²) in [6.07, 6.45) is 4.61. The fourth-order valence-corrected chi connectivity index (χ4v) is 4.81. The molecule has 6 heteroatoms. The fourth-order valence-electron chi connectivity index (χ4n) is 4.05. The van der Waals surface area contributed by atoms with Crippen LogP contribution < -0.4 is 24.8 Å². The maximum Gasteiger partial charge on any atom is -1.00 e. The van der Waals surface area contributed by atoms with Gasteiger partial charge in [-0.3, -0.25) is 0 Å². The summed E-state index contributed by atoms with van der Waals surface area (Å²) < 4.78 is 6.07. The topological polar surface area (TPSA) is 9.23 Å². The Morgan fingerprint density at radius 2 is 1.59 bits per heavy atom. The zero-order valence-electron chi connectivity index (χ0n) is 19.7. The van der Waals surface area contributed by atoms with Gasteiger partial charge in [0.1, 0.15) is 0 Å². The minimum atomic E-state index is -1.42. The first-order valence-corrected chi connectivity index (χ1v) is 20.5. The monoisotopic (exact) mass is 577 g/mol. The van der Waals surface area contributed by atoms with Crippen molar-refractivity contribution < 1.29 is 52.6 Å². The first kappa shape index (κ1) is 29.7. The van der Waals surface area contributed by atoms with Crippen molar-refractivity contribution >= 4 is 30.6 Å². The largest absolute Gasteiger partial charge is 1.00 e. The number of fused-ring (bicyclic) bond motifs is 2. The molecule has 0 radical (unpaired) electrons. The van der Waals surface area contributed by atoms with E-state index in [9.17, 15) is 0 Å². The van der Waals surface area contributed by atoms with E-state index >= 15 is 0 Å². The second kappa shape index (κ2) is 13.5. The van der Waals surface area contributed by atoms with Gasteiger partial charge in [0.25, 0.3) is 0 Å². The number of rotatable bonds is 6. The molecule has 0 saturated carbocycles. The summed E-state index contributed by atoms with van der Waals surface area (Å²) in [5, 5.41) is 2.73. The van der Waals surface area contributed by atoms with Crippen LogP contribution in [0.2, 0.25) is 32.7 Å². The van der Waals surface area contributed by atoms with Crippen molar-refractivity contribution in [2.24, 2.45) is 0 Å². The van der Waals surface area contributed by atoms with Crippen LogP contribution in [0.25, 0.3) is 16.8 Å². The Balaban J connectivity index is 0.000000790. The molecule has 1 unspecified atom stereocenters. The first-order valence-electron chi connectivity index (χ1n) is 10.9. The second-order valence-electron chi connectivity index (χ2n) is 9.22. The average molecular weight is 580 g/mol. The van der Waals surface area contributed by atoms with Gasteiger partial charge in [0, 0.05) is 6.61 Å². The Labute approximate surface area is 222 Å². The van der Waals surface area contributed by atoms with E-state index < -0.39 is 8.32 Å². The maximum absolute atomic E-state index is 6.07. The minimum Gasteiger partial charge on any atom is -1.00 e. The van der Waals surface area contributed by atoms with Crippen molar-refractivity contribution in [1.29, 1.82) is 0 Å². The molecule has 1 aliphatic rings. The van der Waals surface area contributed by atoms with Crippen LogP contribution in [-0.4, -0.2) is 20.4 Å². The molecule has 3 aromatic rings. The van der Waals surface area contributed by atoms with Crippen molar-refractivity contribution in [2.75, 3.05) is 6.61 Å². The summed E-state index contributed by atoms with van der Waals surface area (Å²) in [4.78, 5) is 0. The third-order valence-corrected chi connectivity index (χ3v) is 6.26. The molecule has 0 saturated heterocycles. The molecule has 4 rings (SSSR count). The third-order valence-electron chi connectivity index (χ3n) is 5.19. The summed E-state index contributed by atoms with van der Waals surface area (Å²) in [6, 6.07) is 22.2. The number of hydrogen-bond acceptors (Lipinski definition) is 1. The van der Waals surface area contributed by atoms with E-state index in [2.05, 4.69) is 99.5 Å². The molecule has 0 spiro atoms. The van der Waals surface area contributed by atoms with E-state index in [-0.39, 0.29) is 30.2 Å². The molecule has 0 aromatic heterocycles. The van der Waals surface area contributed by atoms with Crippen LogP contribution in [0.4, 0.5) is 0 Å². The second-order valence-corrected chi connectivity index (χ2v) is 23.1. The van der Waals surface area contributed by atoms with Gasteiger partial charge in [-0.1, -0.05) is 42.0 Å². The van der Waals surface area contributed by atoms with Crippen molar-refractivity contribution in [3.63, 3.8) is 0 Å². The van der Waals surface area contributed by atoms with Crippen molar-refractivity contribution in [3.05, 3.63) is 82.9 Å². The quantitative estimate of drug-likeness (QED) is 0.245. The number of benzene rings is 2. The van der Waals surface area contributed by atoms with E-state index in [0.29, 0.717) is 5.92 Å². The van der Waals surface area contributed by atoms with Gasteiger partial charge in [-0.15, -0.1) is 40.6 Å². The summed E-state index contributed by atoms with van der Waals surface area (Å²) >= 11 is 1.74. The molecule has 0 N–H and O–H groups in total. The minimum absolute atomic E-state index is 0. The van der Waals surface area contributed by atoms with Gasteiger partial charge in [0.15, 0.2) is 8.32 Å². The molecule has 3 aromatic carbocycles. The van der Waals surface area contributed by atoms with Crippen LogP contribution in [0.15, 0.2) is 66.2 Å². The van der Waals surface area contributed by atoms with Crippen LogP contribution in [0.1, 0.15) is 35.4 Å². The Morgan fingerprint density at radius 3 is 2.28 bits per heavy atom. The Bertz CT molecular complexity index is 1050. The Kier molecular flexibility index (Phi) is 12.5. The van der Waals surface area contributed by atoms with Gasteiger partial charge in [-0.25, -0.2) is 0 Å². The molecule has 0 amide bonds. The first-order chi connectivity index (χ1) is 14.3. The third kappa shape index (κ3) is 8.15. The van der Waals surface area contributed by atoms with Crippen LogP contribution in [0.5, 0.6) is 0 Å². The van der Waals surface area contributed by atoms with Gasteiger partial charge < -0.3 is 29.2 Å². The van der Waals surface area contributed by atoms with Crippen molar-refractivity contribution in [2.45, 2.75) is 51.5 Å². The summed E-state index contributed by atoms with van der Waals surface area (Å²) in [6.45, 7) is 12.3. The van der Waals surface area contributed by atoms with Gasteiger partial charge in [0.05, 0.1) is 0 Å². The molecule has 0 fully saturated rings. The SMILES string of the molecule is C[Si](C)(C)OCCCC1=Cc2ccccc2C1[c-]1ccc2ccccc21.C[Si](C)=[Zr+2].[Cl-].[Cl-]. The molecule has 1 aliphatic carbocycles. The molecule has 32 heavy (non-hydrogen) atoms. The van der Waals surface area contributed by atoms with Gasteiger partial charge in [-0.2, -0.15) is 6.07 Å². The maximum atomic E-state index is 6.07. The Morgan fingerprint density at radius 1 is 0.969 bits per heavy atom. The van der Waals surface area contributed by atoms with E-state index in [1.54, 1.807) is 23.3 Å². The summed E-state index contributed by atoms with van der Waals surface area (Å²) in [7, 11) is -1.42. The molecule has 1 nitrogen and oxygen atoms in total. The van der Waals surface area contributed by atoms with Crippen LogP contribution >= 0.6 is 0 Å². The molecule has 1 atom stereocenters. The van der Waals surface area contributed by atoms with Crippen LogP contribution in [0, 0.1) is 0 Å². The van der Waals surface area contributed by atoms with Gasteiger partial charge >= 0.3 is 41.9 Å². The van der Waals surface area contributed by atoms with Crippen molar-refractivity contribution in [1.82, 2.24) is 0 Å². The van der Waals surface area contributed by atoms with Gasteiger partial charge in [0.2, 0.25) is 0 Å². The molecule has 170 valence electrons. The molecular weight excluding hydrogens is 547 g/mol. The molecular formula is C26H33Cl2OSi2Zr-. The van der Waals surface area contributed by atoms with Gasteiger partial charge in [-0.05, 0) is 49.5 Å². The predicted octanol–water partition coefficient (Wildman–Crippen LogP) is 1.51. The summed E-state index contributed by atoms with van der Waals surface area (Å²) in [5.41, 5.74) is 6.01. The standard InChI is InChI=1S/C24H27OSi.C2H6Si.2ClH.Zr/c1-26(2,3)25-16-8-11-20-17-19-10-5-7-13-22(19)24(20)23-15-14-18-9-4-6-12-21(18)23;1-3-2;;;/h4-7,9-10,12-15,17,24H,8,11,16H2,1-3H3;1-2H3;2*1H;/q-1;;;;+2/p-2. The van der Waals surface area contributed by atoms with E-state index in [1.165, 1.54) is 33.0 Å². The zero-order chi connectivity index (χ0) is 21.7. The zero-order valence-corrected chi connectivity index (χ0v) is 25.7. The molecule has 0 bridgehead atoms. The summed E-state index contributed by atoms with van der Waals surface area (Å²) in [5.74, 6) is 0.387. The average Bonchev–Trinajstić information content (AvgIpc) is 3.24. The van der Waals surface area contributed by atoms with E-state index in [1.807, 2.05) is 0 Å². The number of allylic oxidation sites excluding steroid dienone is 1. The number of hydrogen-bond donors (Lipinski definition) is 0. The fraction of sp³-hybridized carbons (Fsp3) is 0.346. The van der Waals surface area contributed by atoms with Crippen molar-refractivity contribution in [3.8, 4) is 0 Å². The normalized spacial score (nSPS) is 14.5. The van der Waals surface area contributed by atoms with E-state index in [0.717, 1.165) is 19.4 Å². The number of halogens is 2. The molecule has 0 aliphatic heterocycles. The Hall–Kier alpha value is -0.353. The van der Waals surface area contributed by atoms with Crippen LogP contribution in [0.3, 0.4) is 0 Å².